The maximum atomic E-state index is 12.4. The first-order valence-corrected chi connectivity index (χ1v) is 12.0. The van der Waals surface area contributed by atoms with Crippen LogP contribution in [0.4, 0.5) is 0 Å². The summed E-state index contributed by atoms with van der Waals surface area (Å²) in [5, 5.41) is 0. The molecule has 0 saturated heterocycles. The van der Waals surface area contributed by atoms with Crippen molar-refractivity contribution in [1.29, 1.82) is 0 Å². The molecule has 160 valence electrons. The van der Waals surface area contributed by atoms with Crippen molar-refractivity contribution < 1.29 is 22.7 Å². The maximum absolute atomic E-state index is 12.4. The highest BCUT2D eigenvalue weighted by molar-refractivity contribution is 7.90. The molecule has 0 fully saturated rings. The zero-order valence-corrected chi connectivity index (χ0v) is 18.8. The fourth-order valence-corrected chi connectivity index (χ4v) is 5.71. The fraction of sp³-hybridized carbons (Fsp3) is 0.333. The lowest BCUT2D eigenvalue weighted by molar-refractivity contribution is -0.118. The van der Waals surface area contributed by atoms with Crippen molar-refractivity contribution in [1.82, 2.24) is 4.57 Å². The Labute approximate surface area is 179 Å². The molecule has 2 aromatic carbocycles. The van der Waals surface area contributed by atoms with E-state index < -0.39 is 9.84 Å². The number of hydrogen-bond donors (Lipinski definition) is 0. The molecule has 0 saturated carbocycles. The summed E-state index contributed by atoms with van der Waals surface area (Å²) in [5.41, 5.74) is 1.53. The third kappa shape index (κ3) is 5.09. The zero-order valence-electron chi connectivity index (χ0n) is 17.1. The third-order valence-electron chi connectivity index (χ3n) is 4.61. The summed E-state index contributed by atoms with van der Waals surface area (Å²) < 4.78 is 38.0. The van der Waals surface area contributed by atoms with Gasteiger partial charge in [-0.1, -0.05) is 41.7 Å². The minimum atomic E-state index is -3.28. The van der Waals surface area contributed by atoms with Crippen LogP contribution in [0.3, 0.4) is 0 Å². The molecule has 1 amide bonds. The lowest BCUT2D eigenvalue weighted by Gasteiger charge is -2.06. The van der Waals surface area contributed by atoms with Gasteiger partial charge in [-0.05, 0) is 24.1 Å². The quantitative estimate of drug-likeness (QED) is 0.529. The Bertz CT molecular complexity index is 1210. The maximum Gasteiger partial charge on any atom is 0.248 e. The van der Waals surface area contributed by atoms with Crippen LogP contribution in [0.1, 0.15) is 18.4 Å². The van der Waals surface area contributed by atoms with Gasteiger partial charge in [-0.25, -0.2) is 8.42 Å². The molecule has 0 aliphatic heterocycles. The molecule has 0 atom stereocenters. The Morgan fingerprint density at radius 2 is 1.73 bits per heavy atom. The Kier molecular flexibility index (Phi) is 6.94. The van der Waals surface area contributed by atoms with Crippen molar-refractivity contribution in [3.05, 3.63) is 52.8 Å². The predicted octanol–water partition coefficient (Wildman–Crippen LogP) is 3.08. The van der Waals surface area contributed by atoms with E-state index in [0.29, 0.717) is 16.3 Å². The Hall–Kier alpha value is -2.65. The van der Waals surface area contributed by atoms with Crippen molar-refractivity contribution in [2.24, 2.45) is 12.0 Å². The van der Waals surface area contributed by atoms with Gasteiger partial charge in [0.15, 0.2) is 14.6 Å². The Morgan fingerprint density at radius 1 is 1.07 bits per heavy atom. The first-order chi connectivity index (χ1) is 14.3. The molecule has 0 spiro atoms. The van der Waals surface area contributed by atoms with E-state index in [1.807, 2.05) is 18.2 Å². The van der Waals surface area contributed by atoms with E-state index >= 15 is 0 Å². The number of nitrogens with zero attached hydrogens (tertiary/aromatic N) is 2. The van der Waals surface area contributed by atoms with Gasteiger partial charge in [0.2, 0.25) is 5.91 Å². The second-order valence-corrected chi connectivity index (χ2v) is 9.94. The molecule has 0 radical (unpaired) electrons. The number of carbonyl (C=O) groups excluding carboxylic acids is 1. The van der Waals surface area contributed by atoms with Gasteiger partial charge >= 0.3 is 0 Å². The molecule has 9 heteroatoms. The summed E-state index contributed by atoms with van der Waals surface area (Å²) in [6.45, 7) is 0. The van der Waals surface area contributed by atoms with Gasteiger partial charge in [0.05, 0.1) is 25.7 Å². The molecular weight excluding hydrogens is 424 g/mol. The third-order valence-corrected chi connectivity index (χ3v) is 7.44. The van der Waals surface area contributed by atoms with Crippen LogP contribution in [0.15, 0.2) is 47.5 Å². The van der Waals surface area contributed by atoms with E-state index in [9.17, 15) is 13.2 Å². The molecule has 1 heterocycles. The van der Waals surface area contributed by atoms with Gasteiger partial charge in [0, 0.05) is 13.5 Å². The number of thiazole rings is 1. The number of hydrogen-bond acceptors (Lipinski definition) is 6. The summed E-state index contributed by atoms with van der Waals surface area (Å²) in [5.74, 6) is 0.899. The lowest BCUT2D eigenvalue weighted by Crippen LogP contribution is -2.15. The van der Waals surface area contributed by atoms with Gasteiger partial charge in [0.1, 0.15) is 21.7 Å². The summed E-state index contributed by atoms with van der Waals surface area (Å²) in [6, 6.07) is 12.6. The second-order valence-electron chi connectivity index (χ2n) is 6.78. The zero-order chi connectivity index (χ0) is 21.7. The number of fused-ring (bicyclic) bond motifs is 1. The number of amides is 1. The number of sulfone groups is 1. The number of carbonyl (C=O) groups is 1. The number of aryl methyl sites for hydroxylation is 1. The van der Waals surface area contributed by atoms with E-state index in [4.69, 9.17) is 9.47 Å². The summed E-state index contributed by atoms with van der Waals surface area (Å²) >= 11 is 1.33. The van der Waals surface area contributed by atoms with Crippen LogP contribution in [0.2, 0.25) is 0 Å². The molecule has 0 aliphatic carbocycles. The minimum absolute atomic E-state index is 0.0238. The monoisotopic (exact) mass is 448 g/mol. The van der Waals surface area contributed by atoms with E-state index in [1.165, 1.54) is 11.3 Å². The van der Waals surface area contributed by atoms with Crippen LogP contribution in [-0.4, -0.2) is 38.9 Å². The number of benzene rings is 2. The van der Waals surface area contributed by atoms with Gasteiger partial charge in [-0.15, -0.1) is 0 Å². The number of ether oxygens (including phenoxy) is 2. The fourth-order valence-electron chi connectivity index (χ4n) is 3.14. The first-order valence-electron chi connectivity index (χ1n) is 9.37. The molecule has 0 unspecified atom stereocenters. The normalized spacial score (nSPS) is 12.3. The summed E-state index contributed by atoms with van der Waals surface area (Å²) in [4.78, 5) is 17.1. The van der Waals surface area contributed by atoms with Crippen molar-refractivity contribution >= 4 is 37.3 Å². The largest absolute Gasteiger partial charge is 0.495 e. The van der Waals surface area contributed by atoms with Crippen molar-refractivity contribution in [3.63, 3.8) is 0 Å². The molecule has 3 rings (SSSR count). The molecule has 3 aromatic rings. The Balaban J connectivity index is 1.72. The molecule has 0 bridgehead atoms. The minimum Gasteiger partial charge on any atom is -0.495 e. The predicted molar refractivity (Wildman–Crippen MR) is 118 cm³/mol. The number of aromatic nitrogens is 1. The van der Waals surface area contributed by atoms with Crippen molar-refractivity contribution in [2.45, 2.75) is 18.6 Å². The molecular formula is C21H24N2O5S2. The van der Waals surface area contributed by atoms with E-state index in [-0.39, 0.29) is 30.3 Å². The highest BCUT2D eigenvalue weighted by Gasteiger charge is 2.15. The van der Waals surface area contributed by atoms with Crippen LogP contribution in [0.25, 0.3) is 10.2 Å². The van der Waals surface area contributed by atoms with Crippen LogP contribution < -0.4 is 14.3 Å². The molecule has 7 nitrogen and oxygen atoms in total. The van der Waals surface area contributed by atoms with Gasteiger partial charge in [-0.2, -0.15) is 4.99 Å². The smallest absolute Gasteiger partial charge is 0.248 e. The average Bonchev–Trinajstić information content (AvgIpc) is 3.04. The van der Waals surface area contributed by atoms with Gasteiger partial charge in [0.25, 0.3) is 0 Å². The average molecular weight is 449 g/mol. The van der Waals surface area contributed by atoms with E-state index in [1.54, 1.807) is 50.1 Å². The molecule has 30 heavy (non-hydrogen) atoms. The van der Waals surface area contributed by atoms with Crippen molar-refractivity contribution in [2.75, 3.05) is 20.0 Å². The second kappa shape index (κ2) is 9.44. The van der Waals surface area contributed by atoms with E-state index in [0.717, 1.165) is 15.8 Å². The van der Waals surface area contributed by atoms with Crippen LogP contribution in [0.5, 0.6) is 11.5 Å². The summed E-state index contributed by atoms with van der Waals surface area (Å²) in [6.07, 6.45) is 0.301. The van der Waals surface area contributed by atoms with E-state index in [2.05, 4.69) is 4.99 Å². The molecule has 0 aliphatic rings. The van der Waals surface area contributed by atoms with Gasteiger partial charge in [-0.3, -0.25) is 4.79 Å². The van der Waals surface area contributed by atoms with Crippen molar-refractivity contribution in [3.8, 4) is 11.5 Å². The SMILES string of the molecule is COc1ccc(OC)c2c1sc(=NC(=O)CCCS(=O)(=O)Cc1ccccc1)n2C. The first kappa shape index (κ1) is 22.0. The topological polar surface area (TPSA) is 87.0 Å². The lowest BCUT2D eigenvalue weighted by atomic mass is 10.2. The standard InChI is InChI=1S/C21H24N2O5S2/c1-23-19-16(27-2)11-12-17(28-3)20(19)29-21(23)22-18(24)10-7-13-30(25,26)14-15-8-5-4-6-9-15/h4-6,8-9,11-12H,7,10,13-14H2,1-3H3. The Morgan fingerprint density at radius 3 is 2.40 bits per heavy atom. The molecule has 1 aromatic heterocycles. The van der Waals surface area contributed by atoms with Crippen LogP contribution >= 0.6 is 11.3 Å². The van der Waals surface area contributed by atoms with Gasteiger partial charge < -0.3 is 14.0 Å². The highest BCUT2D eigenvalue weighted by Crippen LogP contribution is 2.34. The van der Waals surface area contributed by atoms with Crippen LogP contribution in [-0.2, 0) is 27.4 Å². The number of rotatable bonds is 8. The number of methoxy groups -OCH3 is 2. The van der Waals surface area contributed by atoms with Crippen LogP contribution in [0, 0.1) is 0 Å². The summed E-state index contributed by atoms with van der Waals surface area (Å²) in [7, 11) is 1.69. The highest BCUT2D eigenvalue weighted by atomic mass is 32.2. The molecule has 0 N–H and O–H groups in total.